The summed E-state index contributed by atoms with van der Waals surface area (Å²) in [5, 5.41) is 0. The molecule has 0 N–H and O–H groups in total. The van der Waals surface area contributed by atoms with E-state index >= 15 is 0 Å². The van der Waals surface area contributed by atoms with Crippen LogP contribution in [0.3, 0.4) is 0 Å². The lowest BCUT2D eigenvalue weighted by molar-refractivity contribution is -0.199. The number of ether oxygens (including phenoxy) is 2. The number of pyridine rings is 2. The van der Waals surface area contributed by atoms with Crippen LogP contribution < -0.4 is 0 Å². The highest BCUT2D eigenvalue weighted by molar-refractivity contribution is 5.72. The lowest BCUT2D eigenvalue weighted by atomic mass is 9.58. The molecule has 1 saturated heterocycles. The van der Waals surface area contributed by atoms with E-state index in [0.29, 0.717) is 24.8 Å². The number of carbonyl (C=O) groups is 1. The molecule has 2 unspecified atom stereocenters. The van der Waals surface area contributed by atoms with Crippen molar-refractivity contribution >= 4 is 6.29 Å². The summed E-state index contributed by atoms with van der Waals surface area (Å²) in [6, 6.07) is 8.15. The van der Waals surface area contributed by atoms with E-state index in [1.54, 1.807) is 0 Å². The van der Waals surface area contributed by atoms with Crippen LogP contribution in [0.4, 0.5) is 0 Å². The fourth-order valence-corrected chi connectivity index (χ4v) is 5.71. The van der Waals surface area contributed by atoms with Crippen LogP contribution in [0, 0.1) is 5.92 Å². The van der Waals surface area contributed by atoms with Crippen LogP contribution in [-0.2, 0) is 27.7 Å². The van der Waals surface area contributed by atoms with Crippen molar-refractivity contribution in [1.82, 2.24) is 9.97 Å². The fraction of sp³-hybridized carbons (Fsp3) is 0.522. The van der Waals surface area contributed by atoms with Crippen molar-refractivity contribution in [3.05, 3.63) is 59.2 Å². The van der Waals surface area contributed by atoms with Gasteiger partial charge < -0.3 is 9.47 Å². The van der Waals surface area contributed by atoms with Crippen molar-refractivity contribution in [2.24, 2.45) is 5.92 Å². The predicted octanol–water partition coefficient (Wildman–Crippen LogP) is 3.65. The van der Waals surface area contributed by atoms with Gasteiger partial charge in [-0.3, -0.25) is 14.8 Å². The lowest BCUT2D eigenvalue weighted by Gasteiger charge is -2.49. The van der Waals surface area contributed by atoms with E-state index in [2.05, 4.69) is 22.1 Å². The summed E-state index contributed by atoms with van der Waals surface area (Å²) in [5.41, 5.74) is 4.19. The van der Waals surface area contributed by atoms with E-state index in [0.717, 1.165) is 56.9 Å². The van der Waals surface area contributed by atoms with E-state index in [1.807, 2.05) is 24.5 Å². The average Bonchev–Trinajstić information content (AvgIpc) is 3.12. The van der Waals surface area contributed by atoms with Gasteiger partial charge in [0.2, 0.25) is 0 Å². The number of hydrogen-bond donors (Lipinski definition) is 0. The first-order valence-electron chi connectivity index (χ1n) is 10.4. The molecule has 1 saturated carbocycles. The molecule has 5 rings (SSSR count). The van der Waals surface area contributed by atoms with Crippen molar-refractivity contribution in [3.8, 4) is 0 Å². The highest BCUT2D eigenvalue weighted by Crippen LogP contribution is 2.54. The third kappa shape index (κ3) is 2.97. The van der Waals surface area contributed by atoms with Crippen LogP contribution in [0.25, 0.3) is 0 Å². The zero-order valence-electron chi connectivity index (χ0n) is 16.1. The van der Waals surface area contributed by atoms with Crippen molar-refractivity contribution in [1.29, 1.82) is 0 Å². The molecule has 2 fully saturated rings. The lowest BCUT2D eigenvalue weighted by Crippen LogP contribution is -2.49. The molecule has 0 radical (unpaired) electrons. The number of carbonyl (C=O) groups excluding carboxylic acids is 1. The Morgan fingerprint density at radius 1 is 1.18 bits per heavy atom. The second kappa shape index (κ2) is 7.05. The highest BCUT2D eigenvalue weighted by atomic mass is 16.7. The number of aryl methyl sites for hydroxylation is 1. The van der Waals surface area contributed by atoms with Crippen molar-refractivity contribution < 1.29 is 14.3 Å². The standard InChI is InChI=1S/C23H26N2O3/c26-16-20-12-17-4-3-5-18-13-23(27-10-11-28-23)8-7-22(18,21(17)15-25-20)14-19-6-1-2-9-24-19/h1-2,6,9,12,15-16,18H,3-5,7-8,10-11,13-14H2. The topological polar surface area (TPSA) is 61.3 Å². The smallest absolute Gasteiger partial charge is 0.168 e. The monoisotopic (exact) mass is 378 g/mol. The van der Waals surface area contributed by atoms with Crippen LogP contribution in [0.1, 0.15) is 59.4 Å². The Hall–Kier alpha value is -2.11. The molecule has 5 nitrogen and oxygen atoms in total. The zero-order chi connectivity index (χ0) is 19.0. The normalized spacial score (nSPS) is 28.4. The Labute approximate surface area is 165 Å². The average molecular weight is 378 g/mol. The number of nitrogens with zero attached hydrogens (tertiary/aromatic N) is 2. The van der Waals surface area contributed by atoms with Crippen molar-refractivity contribution in [2.75, 3.05) is 13.2 Å². The maximum Gasteiger partial charge on any atom is 0.168 e. The summed E-state index contributed by atoms with van der Waals surface area (Å²) in [7, 11) is 0. The highest BCUT2D eigenvalue weighted by Gasteiger charge is 2.53. The number of hydrogen-bond acceptors (Lipinski definition) is 5. The molecule has 5 heteroatoms. The summed E-state index contributed by atoms with van der Waals surface area (Å²) in [5.74, 6) is 0.0466. The molecule has 1 aliphatic heterocycles. The van der Waals surface area contributed by atoms with E-state index < -0.39 is 5.79 Å². The van der Waals surface area contributed by atoms with Gasteiger partial charge in [0.15, 0.2) is 12.1 Å². The van der Waals surface area contributed by atoms with Gasteiger partial charge in [-0.1, -0.05) is 6.07 Å². The zero-order valence-corrected chi connectivity index (χ0v) is 16.1. The van der Waals surface area contributed by atoms with Crippen molar-refractivity contribution in [2.45, 2.75) is 56.1 Å². The first-order chi connectivity index (χ1) is 13.7. The number of rotatable bonds is 3. The van der Waals surface area contributed by atoms with Crippen LogP contribution in [0.15, 0.2) is 36.7 Å². The predicted molar refractivity (Wildman–Crippen MR) is 104 cm³/mol. The second-order valence-corrected chi connectivity index (χ2v) is 8.44. The van der Waals surface area contributed by atoms with Crippen LogP contribution in [0.2, 0.25) is 0 Å². The molecule has 0 amide bonds. The number of aromatic nitrogens is 2. The molecular weight excluding hydrogens is 352 g/mol. The minimum Gasteiger partial charge on any atom is -0.348 e. The van der Waals surface area contributed by atoms with Gasteiger partial charge in [-0.15, -0.1) is 0 Å². The van der Waals surface area contributed by atoms with E-state index in [1.165, 1.54) is 11.1 Å². The summed E-state index contributed by atoms with van der Waals surface area (Å²) in [6.07, 6.45) is 11.6. The quantitative estimate of drug-likeness (QED) is 0.763. The fourth-order valence-electron chi connectivity index (χ4n) is 5.71. The number of aldehydes is 1. The van der Waals surface area contributed by atoms with Gasteiger partial charge in [-0.25, -0.2) is 0 Å². The van der Waals surface area contributed by atoms with Gasteiger partial charge in [0.05, 0.1) is 13.2 Å². The molecule has 3 heterocycles. The molecule has 2 atom stereocenters. The van der Waals surface area contributed by atoms with Gasteiger partial charge in [0.1, 0.15) is 5.69 Å². The molecule has 3 aliphatic rings. The molecule has 2 aliphatic carbocycles. The van der Waals surface area contributed by atoms with Gasteiger partial charge in [0, 0.05) is 36.3 Å². The van der Waals surface area contributed by atoms with Gasteiger partial charge >= 0.3 is 0 Å². The molecule has 28 heavy (non-hydrogen) atoms. The van der Waals surface area contributed by atoms with Gasteiger partial charge in [-0.05, 0) is 67.3 Å². The molecule has 146 valence electrons. The van der Waals surface area contributed by atoms with E-state index in [-0.39, 0.29) is 5.41 Å². The van der Waals surface area contributed by atoms with Crippen LogP contribution in [0.5, 0.6) is 0 Å². The van der Waals surface area contributed by atoms with Gasteiger partial charge in [0.25, 0.3) is 0 Å². The third-order valence-electron chi connectivity index (χ3n) is 6.99. The Morgan fingerprint density at radius 2 is 2.07 bits per heavy atom. The maximum absolute atomic E-state index is 11.3. The van der Waals surface area contributed by atoms with Crippen LogP contribution >= 0.6 is 0 Å². The van der Waals surface area contributed by atoms with Crippen LogP contribution in [-0.4, -0.2) is 35.3 Å². The number of fused-ring (bicyclic) bond motifs is 3. The summed E-state index contributed by atoms with van der Waals surface area (Å²) in [4.78, 5) is 20.4. The second-order valence-electron chi connectivity index (χ2n) is 8.44. The third-order valence-corrected chi connectivity index (χ3v) is 6.99. The Kier molecular flexibility index (Phi) is 4.52. The first kappa shape index (κ1) is 18.0. The summed E-state index contributed by atoms with van der Waals surface area (Å²) < 4.78 is 12.2. The maximum atomic E-state index is 11.3. The summed E-state index contributed by atoms with van der Waals surface area (Å²) >= 11 is 0. The largest absolute Gasteiger partial charge is 0.348 e. The Balaban J connectivity index is 1.60. The Morgan fingerprint density at radius 3 is 2.86 bits per heavy atom. The molecule has 1 spiro atoms. The molecular formula is C23H26N2O3. The minimum absolute atomic E-state index is 0.0326. The molecule has 0 aromatic carbocycles. The SMILES string of the molecule is O=Cc1cc2c(cn1)C1(Cc3ccccn3)CCC3(CC1CCC2)OCCO3. The van der Waals surface area contributed by atoms with Gasteiger partial charge in [-0.2, -0.15) is 0 Å². The first-order valence-corrected chi connectivity index (χ1v) is 10.4. The van der Waals surface area contributed by atoms with E-state index in [4.69, 9.17) is 9.47 Å². The molecule has 0 bridgehead atoms. The molecule has 2 aromatic rings. The summed E-state index contributed by atoms with van der Waals surface area (Å²) in [6.45, 7) is 1.39. The Bertz CT molecular complexity index is 863. The van der Waals surface area contributed by atoms with E-state index in [9.17, 15) is 4.79 Å². The molecule has 2 aromatic heterocycles. The van der Waals surface area contributed by atoms with Crippen molar-refractivity contribution in [3.63, 3.8) is 0 Å². The minimum atomic E-state index is -0.404.